The quantitative estimate of drug-likeness (QED) is 0.731. The number of hydrogen-bond donors (Lipinski definition) is 1. The third kappa shape index (κ3) is 4.64. The molecule has 2 aromatic rings. The van der Waals surface area contributed by atoms with Crippen LogP contribution in [0, 0.1) is 18.3 Å². The molecule has 1 aromatic heterocycles. The normalized spacial score (nSPS) is 14.1. The highest BCUT2D eigenvalue weighted by atomic mass is 16.6. The van der Waals surface area contributed by atoms with Crippen molar-refractivity contribution >= 4 is 23.4 Å². The molecule has 9 nitrogen and oxygen atoms in total. The first-order chi connectivity index (χ1) is 15.1. The summed E-state index contributed by atoms with van der Waals surface area (Å²) < 4.78 is 11.9. The van der Waals surface area contributed by atoms with Crippen molar-refractivity contribution in [2.45, 2.75) is 33.3 Å². The molecule has 1 saturated heterocycles. The molecule has 1 aromatic carbocycles. The number of anilines is 2. The van der Waals surface area contributed by atoms with Crippen LogP contribution in [0.4, 0.5) is 16.2 Å². The average molecular weight is 440 g/mol. The Labute approximate surface area is 187 Å². The van der Waals surface area contributed by atoms with Crippen LogP contribution in [-0.2, 0) is 9.47 Å². The maximum atomic E-state index is 12.3. The van der Waals surface area contributed by atoms with Crippen molar-refractivity contribution in [2.24, 2.45) is 0 Å². The van der Waals surface area contributed by atoms with Crippen LogP contribution in [-0.4, -0.2) is 60.4 Å². The van der Waals surface area contributed by atoms with Gasteiger partial charge in [0.25, 0.3) is 0 Å². The summed E-state index contributed by atoms with van der Waals surface area (Å²) in [4.78, 5) is 28.5. The third-order valence-corrected chi connectivity index (χ3v) is 5.27. The van der Waals surface area contributed by atoms with Gasteiger partial charge in [0.05, 0.1) is 18.4 Å². The van der Waals surface area contributed by atoms with Crippen molar-refractivity contribution in [1.29, 1.82) is 5.26 Å². The highest BCUT2D eigenvalue weighted by Gasteiger charge is 2.27. The van der Waals surface area contributed by atoms with Gasteiger partial charge in [-0.25, -0.2) is 9.59 Å². The lowest BCUT2D eigenvalue weighted by atomic mass is 10.1. The summed E-state index contributed by atoms with van der Waals surface area (Å²) in [5.41, 5.74) is 8.65. The Bertz CT molecular complexity index is 1070. The number of nitriles is 1. The van der Waals surface area contributed by atoms with Gasteiger partial charge < -0.3 is 29.6 Å². The number of ether oxygens (including phenoxy) is 2. The van der Waals surface area contributed by atoms with E-state index in [9.17, 15) is 14.9 Å². The molecule has 2 heterocycles. The van der Waals surface area contributed by atoms with Gasteiger partial charge in [-0.3, -0.25) is 0 Å². The van der Waals surface area contributed by atoms with Crippen LogP contribution < -0.4 is 10.6 Å². The first kappa shape index (κ1) is 23.0. The van der Waals surface area contributed by atoms with Crippen molar-refractivity contribution in [2.75, 3.05) is 43.9 Å². The first-order valence-corrected chi connectivity index (χ1v) is 10.4. The van der Waals surface area contributed by atoms with Crippen LogP contribution in [0.25, 0.3) is 5.69 Å². The maximum absolute atomic E-state index is 12.3. The molecule has 2 N–H and O–H groups in total. The molecule has 0 radical (unpaired) electrons. The van der Waals surface area contributed by atoms with E-state index >= 15 is 0 Å². The fourth-order valence-electron chi connectivity index (χ4n) is 3.72. The van der Waals surface area contributed by atoms with Gasteiger partial charge in [0.15, 0.2) is 5.69 Å². The number of nitrogens with two attached hydrogens (primary N) is 1. The second-order valence-electron chi connectivity index (χ2n) is 8.70. The summed E-state index contributed by atoms with van der Waals surface area (Å²) in [6, 6.07) is 7.78. The Balaban J connectivity index is 1.80. The predicted octanol–water partition coefficient (Wildman–Crippen LogP) is 3.08. The fourth-order valence-corrected chi connectivity index (χ4v) is 3.72. The lowest BCUT2D eigenvalue weighted by Gasteiger charge is -2.37. The van der Waals surface area contributed by atoms with E-state index in [0.29, 0.717) is 31.9 Å². The zero-order valence-electron chi connectivity index (χ0n) is 19.1. The summed E-state index contributed by atoms with van der Waals surface area (Å²) >= 11 is 0. The number of esters is 1. The maximum Gasteiger partial charge on any atom is 0.410 e. The van der Waals surface area contributed by atoms with E-state index in [1.165, 1.54) is 13.3 Å². The number of aromatic nitrogens is 1. The van der Waals surface area contributed by atoms with E-state index in [4.69, 9.17) is 15.2 Å². The van der Waals surface area contributed by atoms with Gasteiger partial charge in [0.1, 0.15) is 11.7 Å². The van der Waals surface area contributed by atoms with Crippen molar-refractivity contribution in [3.8, 4) is 11.8 Å². The minimum atomic E-state index is -0.607. The molecule has 0 spiro atoms. The number of carbonyl (C=O) groups excluding carboxylic acids is 2. The molecule has 0 bridgehead atoms. The molecule has 170 valence electrons. The topological polar surface area (TPSA) is 114 Å². The number of piperazine rings is 1. The van der Waals surface area contributed by atoms with Crippen molar-refractivity contribution in [3.63, 3.8) is 0 Å². The minimum absolute atomic E-state index is 0.0966. The molecular formula is C23H29N5O4. The third-order valence-electron chi connectivity index (χ3n) is 5.27. The van der Waals surface area contributed by atoms with Crippen molar-refractivity contribution in [3.05, 3.63) is 41.2 Å². The summed E-state index contributed by atoms with van der Waals surface area (Å²) in [5, 5.41) is 9.31. The lowest BCUT2D eigenvalue weighted by Crippen LogP contribution is -2.50. The molecule has 0 saturated carbocycles. The van der Waals surface area contributed by atoms with Gasteiger partial charge >= 0.3 is 12.1 Å². The number of hydrogen-bond acceptors (Lipinski definition) is 7. The Morgan fingerprint density at radius 3 is 2.34 bits per heavy atom. The second kappa shape index (κ2) is 8.83. The molecule has 1 aliphatic rings. The number of nitrogens with zero attached hydrogens (tertiary/aromatic N) is 4. The molecule has 1 fully saturated rings. The molecule has 0 atom stereocenters. The van der Waals surface area contributed by atoms with Gasteiger partial charge in [0.2, 0.25) is 0 Å². The summed E-state index contributed by atoms with van der Waals surface area (Å²) in [5.74, 6) is -0.607. The van der Waals surface area contributed by atoms with E-state index in [2.05, 4.69) is 4.90 Å². The number of carbonyl (C=O) groups is 2. The number of amides is 1. The Morgan fingerprint density at radius 1 is 1.16 bits per heavy atom. The van der Waals surface area contributed by atoms with Crippen molar-refractivity contribution < 1.29 is 19.1 Å². The largest absolute Gasteiger partial charge is 0.464 e. The van der Waals surface area contributed by atoms with Gasteiger partial charge in [0, 0.05) is 43.8 Å². The lowest BCUT2D eigenvalue weighted by molar-refractivity contribution is 0.0240. The molecule has 32 heavy (non-hydrogen) atoms. The van der Waals surface area contributed by atoms with Gasteiger partial charge in [-0.1, -0.05) is 0 Å². The molecule has 3 rings (SSSR count). The van der Waals surface area contributed by atoms with Crippen molar-refractivity contribution in [1.82, 2.24) is 9.47 Å². The molecular weight excluding hydrogens is 410 g/mol. The van der Waals surface area contributed by atoms with Crippen LogP contribution in [0.1, 0.15) is 42.4 Å². The smallest absolute Gasteiger partial charge is 0.410 e. The summed E-state index contributed by atoms with van der Waals surface area (Å²) in [7, 11) is 1.27. The minimum Gasteiger partial charge on any atom is -0.464 e. The van der Waals surface area contributed by atoms with Crippen LogP contribution in [0.2, 0.25) is 0 Å². The number of nitrogen functional groups attached to an aromatic ring is 1. The van der Waals surface area contributed by atoms with E-state index in [1.54, 1.807) is 9.47 Å². The number of aryl methyl sites for hydroxylation is 1. The van der Waals surface area contributed by atoms with Crippen LogP contribution >= 0.6 is 0 Å². The molecule has 0 unspecified atom stereocenters. The zero-order valence-corrected chi connectivity index (χ0v) is 19.1. The van der Waals surface area contributed by atoms with E-state index in [1.807, 2.05) is 52.0 Å². The Hall–Kier alpha value is -3.67. The second-order valence-corrected chi connectivity index (χ2v) is 8.70. The average Bonchev–Trinajstić information content (AvgIpc) is 3.08. The number of benzene rings is 1. The summed E-state index contributed by atoms with van der Waals surface area (Å²) in [6.45, 7) is 10.1. The zero-order chi connectivity index (χ0) is 23.6. The number of rotatable bonds is 3. The highest BCUT2D eigenvalue weighted by molar-refractivity contribution is 5.96. The number of methoxy groups -OCH3 is 1. The molecule has 0 aliphatic carbocycles. The van der Waals surface area contributed by atoms with Gasteiger partial charge in [-0.2, -0.15) is 5.26 Å². The standard InChI is InChI=1S/C23H29N5O4/c1-15-12-17(28-14-16(13-24)19(25)20(28)21(29)31-5)6-7-18(15)26-8-10-27(11-9-26)22(30)32-23(2,3)4/h6-7,12,14H,8-11,25H2,1-5H3. The van der Waals surface area contributed by atoms with Crippen LogP contribution in [0.3, 0.4) is 0 Å². The first-order valence-electron chi connectivity index (χ1n) is 10.4. The van der Waals surface area contributed by atoms with E-state index in [-0.39, 0.29) is 23.0 Å². The Kier molecular flexibility index (Phi) is 6.35. The highest BCUT2D eigenvalue weighted by Crippen LogP contribution is 2.29. The van der Waals surface area contributed by atoms with E-state index in [0.717, 1.165) is 11.3 Å². The molecule has 9 heteroatoms. The fraction of sp³-hybridized carbons (Fsp3) is 0.435. The van der Waals surface area contributed by atoms with Crippen LogP contribution in [0.15, 0.2) is 24.4 Å². The van der Waals surface area contributed by atoms with Gasteiger partial charge in [-0.15, -0.1) is 0 Å². The Morgan fingerprint density at radius 2 is 1.81 bits per heavy atom. The molecule has 1 aliphatic heterocycles. The summed E-state index contributed by atoms with van der Waals surface area (Å²) in [6.07, 6.45) is 1.24. The predicted molar refractivity (Wildman–Crippen MR) is 121 cm³/mol. The van der Waals surface area contributed by atoms with Crippen LogP contribution in [0.5, 0.6) is 0 Å². The molecule has 1 amide bonds. The SMILES string of the molecule is COC(=O)c1c(N)c(C#N)cn1-c1ccc(N2CCN(C(=O)OC(C)(C)C)CC2)c(C)c1. The van der Waals surface area contributed by atoms with E-state index < -0.39 is 11.6 Å². The van der Waals surface area contributed by atoms with Gasteiger partial charge in [-0.05, 0) is 51.5 Å². The monoisotopic (exact) mass is 439 g/mol.